The van der Waals surface area contributed by atoms with E-state index in [4.69, 9.17) is 5.73 Å². The predicted molar refractivity (Wildman–Crippen MR) is 86.7 cm³/mol. The van der Waals surface area contributed by atoms with Crippen LogP contribution in [0.5, 0.6) is 0 Å². The van der Waals surface area contributed by atoms with Gasteiger partial charge in [0.15, 0.2) is 0 Å². The van der Waals surface area contributed by atoms with Crippen molar-refractivity contribution in [2.24, 2.45) is 5.73 Å². The molecular formula is C18H29FN2. The van der Waals surface area contributed by atoms with Gasteiger partial charge in [0.25, 0.3) is 0 Å². The molecule has 0 spiro atoms. The molecule has 1 aromatic rings. The van der Waals surface area contributed by atoms with Crippen LogP contribution in [-0.2, 0) is 5.54 Å². The van der Waals surface area contributed by atoms with Gasteiger partial charge in [0.1, 0.15) is 5.82 Å². The van der Waals surface area contributed by atoms with Crippen molar-refractivity contribution in [2.75, 3.05) is 13.1 Å². The maximum absolute atomic E-state index is 13.2. The van der Waals surface area contributed by atoms with Crippen LogP contribution < -0.4 is 5.73 Å². The molecule has 3 heteroatoms. The standard InChI is InChI=1S/C18H29FN2/c1-3-4-8-17(21-13-6-5-7-14-21)18(2,20)15-9-11-16(19)12-10-15/h9-12,17H,3-8,13-14,20H2,1-2H3. The van der Waals surface area contributed by atoms with E-state index >= 15 is 0 Å². The van der Waals surface area contributed by atoms with Gasteiger partial charge >= 0.3 is 0 Å². The molecule has 0 aliphatic carbocycles. The number of halogens is 1. The summed E-state index contributed by atoms with van der Waals surface area (Å²) in [5.41, 5.74) is 7.35. The molecule has 1 aromatic carbocycles. The Bertz CT molecular complexity index is 421. The van der Waals surface area contributed by atoms with Crippen molar-refractivity contribution in [3.05, 3.63) is 35.6 Å². The fourth-order valence-corrected chi connectivity index (χ4v) is 3.49. The largest absolute Gasteiger partial charge is 0.320 e. The zero-order chi connectivity index (χ0) is 15.3. The zero-order valence-corrected chi connectivity index (χ0v) is 13.4. The molecule has 1 aliphatic heterocycles. The molecule has 2 atom stereocenters. The number of nitrogens with two attached hydrogens (primary N) is 1. The van der Waals surface area contributed by atoms with E-state index in [1.54, 1.807) is 0 Å². The Kier molecular flexibility index (Phi) is 5.77. The van der Waals surface area contributed by atoms with Crippen LogP contribution in [0.15, 0.2) is 24.3 Å². The van der Waals surface area contributed by atoms with Crippen molar-refractivity contribution in [3.63, 3.8) is 0 Å². The van der Waals surface area contributed by atoms with Gasteiger partial charge in [-0.15, -0.1) is 0 Å². The predicted octanol–water partition coefficient (Wildman–Crippen LogP) is 4.04. The lowest BCUT2D eigenvalue weighted by atomic mass is 9.81. The van der Waals surface area contributed by atoms with Gasteiger partial charge in [-0.1, -0.05) is 38.3 Å². The molecule has 1 fully saturated rings. The molecule has 0 aromatic heterocycles. The number of hydrogen-bond acceptors (Lipinski definition) is 2. The van der Waals surface area contributed by atoms with Crippen molar-refractivity contribution in [1.29, 1.82) is 0 Å². The van der Waals surface area contributed by atoms with Crippen LogP contribution in [0.3, 0.4) is 0 Å². The lowest BCUT2D eigenvalue weighted by Crippen LogP contribution is -2.55. The minimum Gasteiger partial charge on any atom is -0.320 e. The van der Waals surface area contributed by atoms with Gasteiger partial charge in [0.05, 0.1) is 5.54 Å². The molecule has 0 saturated carbocycles. The summed E-state index contributed by atoms with van der Waals surface area (Å²) in [5, 5.41) is 0. The van der Waals surface area contributed by atoms with Gasteiger partial charge in [0, 0.05) is 6.04 Å². The Labute approximate surface area is 128 Å². The highest BCUT2D eigenvalue weighted by Gasteiger charge is 2.36. The molecule has 1 saturated heterocycles. The van der Waals surface area contributed by atoms with E-state index in [2.05, 4.69) is 18.7 Å². The molecule has 0 radical (unpaired) electrons. The van der Waals surface area contributed by atoms with Gasteiger partial charge in [0.2, 0.25) is 0 Å². The summed E-state index contributed by atoms with van der Waals surface area (Å²) in [4.78, 5) is 2.56. The Morgan fingerprint density at radius 2 is 1.81 bits per heavy atom. The minimum atomic E-state index is -0.430. The number of unbranched alkanes of at least 4 members (excludes halogenated alkanes) is 1. The van der Waals surface area contributed by atoms with Crippen LogP contribution in [0.4, 0.5) is 4.39 Å². The van der Waals surface area contributed by atoms with Gasteiger partial charge in [-0.05, 0) is 57.0 Å². The fraction of sp³-hybridized carbons (Fsp3) is 0.667. The molecule has 1 heterocycles. The lowest BCUT2D eigenvalue weighted by Gasteiger charge is -2.44. The van der Waals surface area contributed by atoms with Crippen molar-refractivity contribution in [1.82, 2.24) is 4.90 Å². The third-order valence-electron chi connectivity index (χ3n) is 4.82. The summed E-state index contributed by atoms with van der Waals surface area (Å²) in [7, 11) is 0. The molecule has 21 heavy (non-hydrogen) atoms. The average Bonchev–Trinajstić information content (AvgIpc) is 2.49. The summed E-state index contributed by atoms with van der Waals surface area (Å²) in [6.45, 7) is 6.61. The minimum absolute atomic E-state index is 0.197. The molecule has 0 amide bonds. The normalized spacial score (nSPS) is 21.0. The maximum Gasteiger partial charge on any atom is 0.123 e. The molecule has 2 N–H and O–H groups in total. The SMILES string of the molecule is CCCCC(N1CCCCC1)C(C)(N)c1ccc(F)cc1. The zero-order valence-electron chi connectivity index (χ0n) is 13.4. The van der Waals surface area contributed by atoms with Crippen LogP contribution in [0.25, 0.3) is 0 Å². The summed E-state index contributed by atoms with van der Waals surface area (Å²) in [6, 6.07) is 7.07. The lowest BCUT2D eigenvalue weighted by molar-refractivity contribution is 0.0950. The first kappa shape index (κ1) is 16.4. The molecule has 0 bridgehead atoms. The van der Waals surface area contributed by atoms with Crippen molar-refractivity contribution < 1.29 is 4.39 Å². The fourth-order valence-electron chi connectivity index (χ4n) is 3.49. The second kappa shape index (κ2) is 7.37. The Hall–Kier alpha value is -0.930. The van der Waals surface area contributed by atoms with E-state index in [1.165, 1.54) is 44.2 Å². The van der Waals surface area contributed by atoms with E-state index in [-0.39, 0.29) is 5.82 Å². The van der Waals surface area contributed by atoms with Crippen LogP contribution in [0.1, 0.15) is 57.9 Å². The first-order valence-electron chi connectivity index (χ1n) is 8.34. The summed E-state index contributed by atoms with van der Waals surface area (Å²) < 4.78 is 13.2. The van der Waals surface area contributed by atoms with Crippen LogP contribution >= 0.6 is 0 Å². The van der Waals surface area contributed by atoms with E-state index in [0.717, 1.165) is 25.1 Å². The third-order valence-corrected chi connectivity index (χ3v) is 4.82. The molecule has 1 aliphatic rings. The van der Waals surface area contributed by atoms with Gasteiger partial charge in [-0.3, -0.25) is 4.90 Å². The highest BCUT2D eigenvalue weighted by atomic mass is 19.1. The third kappa shape index (κ3) is 4.04. The first-order chi connectivity index (χ1) is 10.1. The number of nitrogens with zero attached hydrogens (tertiary/aromatic N) is 1. The van der Waals surface area contributed by atoms with Crippen molar-refractivity contribution in [2.45, 2.75) is 64.0 Å². The summed E-state index contributed by atoms with van der Waals surface area (Å²) in [6.07, 6.45) is 7.35. The monoisotopic (exact) mass is 292 g/mol. The van der Waals surface area contributed by atoms with Crippen molar-refractivity contribution in [3.8, 4) is 0 Å². The topological polar surface area (TPSA) is 29.3 Å². The average molecular weight is 292 g/mol. The quantitative estimate of drug-likeness (QED) is 0.857. The highest BCUT2D eigenvalue weighted by molar-refractivity contribution is 5.26. The van der Waals surface area contributed by atoms with Gasteiger partial charge in [-0.25, -0.2) is 4.39 Å². The second-order valence-electron chi connectivity index (χ2n) is 6.54. The van der Waals surface area contributed by atoms with E-state index in [0.29, 0.717) is 6.04 Å². The highest BCUT2D eigenvalue weighted by Crippen LogP contribution is 2.31. The molecule has 2 rings (SSSR count). The molecule has 2 nitrogen and oxygen atoms in total. The number of benzene rings is 1. The van der Waals surface area contributed by atoms with E-state index < -0.39 is 5.54 Å². The summed E-state index contributed by atoms with van der Waals surface area (Å²) in [5.74, 6) is -0.197. The number of rotatable bonds is 6. The number of piperidine rings is 1. The van der Waals surface area contributed by atoms with E-state index in [9.17, 15) is 4.39 Å². The van der Waals surface area contributed by atoms with Crippen LogP contribution in [-0.4, -0.2) is 24.0 Å². The number of likely N-dealkylation sites (tertiary alicyclic amines) is 1. The Balaban J connectivity index is 2.21. The van der Waals surface area contributed by atoms with Gasteiger partial charge in [-0.2, -0.15) is 0 Å². The van der Waals surface area contributed by atoms with Gasteiger partial charge < -0.3 is 5.73 Å². The maximum atomic E-state index is 13.2. The van der Waals surface area contributed by atoms with Crippen molar-refractivity contribution >= 4 is 0 Å². The molecule has 118 valence electrons. The van der Waals surface area contributed by atoms with Crippen LogP contribution in [0, 0.1) is 5.82 Å². The van der Waals surface area contributed by atoms with Crippen LogP contribution in [0.2, 0.25) is 0 Å². The molecular weight excluding hydrogens is 263 g/mol. The number of hydrogen-bond donors (Lipinski definition) is 1. The van der Waals surface area contributed by atoms with E-state index in [1.807, 2.05) is 12.1 Å². The smallest absolute Gasteiger partial charge is 0.123 e. The Morgan fingerprint density at radius 3 is 2.38 bits per heavy atom. The molecule has 2 unspecified atom stereocenters. The first-order valence-corrected chi connectivity index (χ1v) is 8.34. The second-order valence-corrected chi connectivity index (χ2v) is 6.54. The summed E-state index contributed by atoms with van der Waals surface area (Å²) >= 11 is 0. The Morgan fingerprint density at radius 1 is 1.19 bits per heavy atom.